The number of rotatable bonds is 10. The minimum atomic E-state index is -0.372. The van der Waals surface area contributed by atoms with E-state index in [1.807, 2.05) is 73.7 Å². The van der Waals surface area contributed by atoms with Crippen LogP contribution in [0.15, 0.2) is 85.1 Å². The number of nitro benzene ring substituents is 1. The lowest BCUT2D eigenvalue weighted by Crippen LogP contribution is -2.32. The molecule has 0 spiro atoms. The third kappa shape index (κ3) is 5.94. The molecular formula is C28H30N4O3. The van der Waals surface area contributed by atoms with Crippen LogP contribution in [-0.4, -0.2) is 47.5 Å². The predicted molar refractivity (Wildman–Crippen MR) is 139 cm³/mol. The number of fused-ring (bicyclic) bond motifs is 1. The Hall–Kier alpha value is -3.97. The van der Waals surface area contributed by atoms with E-state index in [0.717, 1.165) is 34.1 Å². The molecule has 0 bridgehead atoms. The average molecular weight is 471 g/mol. The number of non-ortho nitro benzene ring substituents is 1. The van der Waals surface area contributed by atoms with Crippen LogP contribution in [0.4, 0.5) is 5.69 Å². The van der Waals surface area contributed by atoms with Crippen molar-refractivity contribution >= 4 is 22.5 Å². The molecule has 1 heterocycles. The molecule has 4 aromatic rings. The number of hydrogen-bond donors (Lipinski definition) is 1. The zero-order chi connectivity index (χ0) is 24.8. The number of amides is 1. The number of nitrogens with zero attached hydrogens (tertiary/aromatic N) is 3. The second-order valence-electron chi connectivity index (χ2n) is 8.98. The highest BCUT2D eigenvalue weighted by Gasteiger charge is 2.24. The molecule has 0 saturated carbocycles. The van der Waals surface area contributed by atoms with Crippen molar-refractivity contribution in [1.29, 1.82) is 0 Å². The SMILES string of the molecule is CN(C)CCNC(=O)C[C@@H](c1ccccc1)c1cn(Cc2ccccc2)c2ccc([N+](=O)[O-])cc12. The Morgan fingerprint density at radius 3 is 2.37 bits per heavy atom. The normalized spacial score (nSPS) is 12.1. The zero-order valence-electron chi connectivity index (χ0n) is 20.1. The van der Waals surface area contributed by atoms with Crippen molar-refractivity contribution in [2.24, 2.45) is 0 Å². The van der Waals surface area contributed by atoms with Crippen LogP contribution in [0.2, 0.25) is 0 Å². The van der Waals surface area contributed by atoms with Crippen molar-refractivity contribution in [3.05, 3.63) is 112 Å². The molecule has 4 rings (SSSR count). The number of benzene rings is 3. The number of nitro groups is 1. The van der Waals surface area contributed by atoms with Gasteiger partial charge in [0.15, 0.2) is 0 Å². The summed E-state index contributed by atoms with van der Waals surface area (Å²) in [6.07, 6.45) is 2.30. The van der Waals surface area contributed by atoms with Crippen molar-refractivity contribution in [3.63, 3.8) is 0 Å². The molecule has 0 aliphatic carbocycles. The maximum Gasteiger partial charge on any atom is 0.270 e. The lowest BCUT2D eigenvalue weighted by molar-refractivity contribution is -0.384. The summed E-state index contributed by atoms with van der Waals surface area (Å²) in [7, 11) is 3.93. The second kappa shape index (κ2) is 11.0. The van der Waals surface area contributed by atoms with Gasteiger partial charge in [-0.15, -0.1) is 0 Å². The van der Waals surface area contributed by atoms with E-state index in [0.29, 0.717) is 13.1 Å². The third-order valence-corrected chi connectivity index (χ3v) is 6.15. The van der Waals surface area contributed by atoms with Crippen LogP contribution < -0.4 is 5.32 Å². The highest BCUT2D eigenvalue weighted by molar-refractivity contribution is 5.88. The van der Waals surface area contributed by atoms with Gasteiger partial charge >= 0.3 is 0 Å². The number of carbonyl (C=O) groups is 1. The van der Waals surface area contributed by atoms with Gasteiger partial charge in [-0.25, -0.2) is 0 Å². The number of aromatic nitrogens is 1. The van der Waals surface area contributed by atoms with Gasteiger partial charge in [-0.3, -0.25) is 14.9 Å². The Bertz CT molecular complexity index is 1300. The molecule has 1 aromatic heterocycles. The standard InChI is InChI=1S/C28H30N4O3/c1-30(2)16-15-29-28(33)18-24(22-11-7-4-8-12-22)26-20-31(19-21-9-5-3-6-10-21)27-14-13-23(32(34)35)17-25(26)27/h3-14,17,20,24H,15-16,18-19H2,1-2H3,(H,29,33)/t24-/m0/s1. The summed E-state index contributed by atoms with van der Waals surface area (Å²) in [4.78, 5) is 26.2. The number of likely N-dealkylation sites (N-methyl/N-ethyl adjacent to an activating group) is 1. The molecule has 7 heteroatoms. The Morgan fingerprint density at radius 1 is 1.03 bits per heavy atom. The fourth-order valence-corrected chi connectivity index (χ4v) is 4.38. The largest absolute Gasteiger partial charge is 0.355 e. The molecule has 0 aliphatic rings. The summed E-state index contributed by atoms with van der Waals surface area (Å²) < 4.78 is 2.11. The van der Waals surface area contributed by atoms with Crippen molar-refractivity contribution < 1.29 is 9.72 Å². The van der Waals surface area contributed by atoms with Gasteiger partial charge in [0.05, 0.1) is 4.92 Å². The van der Waals surface area contributed by atoms with Crippen LogP contribution in [0.3, 0.4) is 0 Å². The quantitative estimate of drug-likeness (QED) is 0.267. The lowest BCUT2D eigenvalue weighted by Gasteiger charge is -2.18. The fraction of sp³-hybridized carbons (Fsp3) is 0.250. The van der Waals surface area contributed by atoms with Gasteiger partial charge < -0.3 is 14.8 Å². The number of hydrogen-bond acceptors (Lipinski definition) is 4. The Labute approximate surface area is 205 Å². The topological polar surface area (TPSA) is 80.4 Å². The molecule has 1 amide bonds. The third-order valence-electron chi connectivity index (χ3n) is 6.15. The molecule has 35 heavy (non-hydrogen) atoms. The average Bonchev–Trinajstić information content (AvgIpc) is 3.20. The van der Waals surface area contributed by atoms with Crippen molar-refractivity contribution in [2.75, 3.05) is 27.2 Å². The maximum atomic E-state index is 12.9. The second-order valence-corrected chi connectivity index (χ2v) is 8.98. The van der Waals surface area contributed by atoms with E-state index in [9.17, 15) is 14.9 Å². The zero-order valence-corrected chi connectivity index (χ0v) is 20.1. The van der Waals surface area contributed by atoms with E-state index in [4.69, 9.17) is 0 Å². The summed E-state index contributed by atoms with van der Waals surface area (Å²) >= 11 is 0. The highest BCUT2D eigenvalue weighted by atomic mass is 16.6. The smallest absolute Gasteiger partial charge is 0.270 e. The molecule has 0 saturated heterocycles. The first-order chi connectivity index (χ1) is 16.9. The van der Waals surface area contributed by atoms with Gasteiger partial charge in [0, 0.05) is 61.2 Å². The summed E-state index contributed by atoms with van der Waals surface area (Å²) in [6.45, 7) is 1.95. The van der Waals surface area contributed by atoms with Gasteiger partial charge in [-0.1, -0.05) is 60.7 Å². The Morgan fingerprint density at radius 2 is 1.71 bits per heavy atom. The maximum absolute atomic E-state index is 12.9. The number of nitrogens with one attached hydrogen (secondary N) is 1. The van der Waals surface area contributed by atoms with Gasteiger partial charge in [-0.05, 0) is 36.9 Å². The van der Waals surface area contributed by atoms with E-state index in [-0.39, 0.29) is 28.9 Å². The first kappa shape index (κ1) is 24.2. The molecule has 1 atom stereocenters. The monoisotopic (exact) mass is 470 g/mol. The molecule has 0 aliphatic heterocycles. The summed E-state index contributed by atoms with van der Waals surface area (Å²) in [5, 5.41) is 15.4. The van der Waals surface area contributed by atoms with Crippen LogP contribution in [0.5, 0.6) is 0 Å². The van der Waals surface area contributed by atoms with Gasteiger partial charge in [0.2, 0.25) is 5.91 Å². The van der Waals surface area contributed by atoms with E-state index < -0.39 is 0 Å². The molecule has 7 nitrogen and oxygen atoms in total. The van der Waals surface area contributed by atoms with Crippen LogP contribution in [-0.2, 0) is 11.3 Å². The van der Waals surface area contributed by atoms with E-state index in [1.165, 1.54) is 0 Å². The minimum Gasteiger partial charge on any atom is -0.355 e. The summed E-state index contributed by atoms with van der Waals surface area (Å²) in [5.74, 6) is -0.285. The van der Waals surface area contributed by atoms with E-state index >= 15 is 0 Å². The molecule has 1 N–H and O–H groups in total. The van der Waals surface area contributed by atoms with Crippen LogP contribution in [0.25, 0.3) is 10.9 Å². The van der Waals surface area contributed by atoms with Crippen LogP contribution in [0, 0.1) is 10.1 Å². The van der Waals surface area contributed by atoms with Crippen molar-refractivity contribution in [2.45, 2.75) is 18.9 Å². The van der Waals surface area contributed by atoms with E-state index in [2.05, 4.69) is 22.0 Å². The molecule has 180 valence electrons. The summed E-state index contributed by atoms with van der Waals surface area (Å²) in [6, 6.07) is 24.9. The number of carbonyl (C=O) groups excluding carboxylic acids is 1. The molecule has 3 aromatic carbocycles. The molecule has 0 fully saturated rings. The van der Waals surface area contributed by atoms with Crippen LogP contribution >= 0.6 is 0 Å². The first-order valence-electron chi connectivity index (χ1n) is 11.7. The van der Waals surface area contributed by atoms with Crippen molar-refractivity contribution in [3.8, 4) is 0 Å². The molecule has 0 unspecified atom stereocenters. The summed E-state index contributed by atoms with van der Waals surface area (Å²) in [5.41, 5.74) is 3.99. The molecule has 0 radical (unpaired) electrons. The highest BCUT2D eigenvalue weighted by Crippen LogP contribution is 2.36. The fourth-order valence-electron chi connectivity index (χ4n) is 4.38. The molecular weight excluding hydrogens is 440 g/mol. The minimum absolute atomic E-state index is 0.0402. The van der Waals surface area contributed by atoms with Gasteiger partial charge in [0.25, 0.3) is 5.69 Å². The lowest BCUT2D eigenvalue weighted by atomic mass is 9.88. The van der Waals surface area contributed by atoms with Gasteiger partial charge in [0.1, 0.15) is 0 Å². The first-order valence-corrected chi connectivity index (χ1v) is 11.7. The van der Waals surface area contributed by atoms with Crippen LogP contribution in [0.1, 0.15) is 29.0 Å². The van der Waals surface area contributed by atoms with Gasteiger partial charge in [-0.2, -0.15) is 0 Å². The Kier molecular flexibility index (Phi) is 7.57. The predicted octanol–water partition coefficient (Wildman–Crippen LogP) is 4.80. The van der Waals surface area contributed by atoms with Crippen molar-refractivity contribution in [1.82, 2.24) is 14.8 Å². The van der Waals surface area contributed by atoms with E-state index in [1.54, 1.807) is 18.2 Å². The Balaban J connectivity index is 1.78.